The first-order chi connectivity index (χ1) is 10.3. The van der Waals surface area contributed by atoms with E-state index < -0.39 is 0 Å². The SMILES string of the molecule is CCCCN1CCCCC1CN=C(NCC)NCCOC.I. The number of ether oxygens (including phenoxy) is 1. The van der Waals surface area contributed by atoms with Gasteiger partial charge in [0.15, 0.2) is 5.96 Å². The molecular weight excluding hydrogens is 391 g/mol. The number of unbranched alkanes of at least 4 members (excludes halogenated alkanes) is 1. The number of likely N-dealkylation sites (tertiary alicyclic amines) is 1. The summed E-state index contributed by atoms with van der Waals surface area (Å²) in [5, 5.41) is 6.62. The molecule has 1 saturated heterocycles. The highest BCUT2D eigenvalue weighted by Crippen LogP contribution is 2.17. The quantitative estimate of drug-likeness (QED) is 0.258. The van der Waals surface area contributed by atoms with Crippen LogP contribution in [-0.2, 0) is 4.74 Å². The van der Waals surface area contributed by atoms with E-state index in [1.54, 1.807) is 7.11 Å². The number of nitrogens with zero attached hydrogens (tertiary/aromatic N) is 2. The fraction of sp³-hybridized carbons (Fsp3) is 0.938. The van der Waals surface area contributed by atoms with Crippen LogP contribution in [0.1, 0.15) is 46.0 Å². The average molecular weight is 426 g/mol. The third kappa shape index (κ3) is 9.15. The number of guanidine groups is 1. The van der Waals surface area contributed by atoms with Gasteiger partial charge in [0.25, 0.3) is 0 Å². The predicted molar refractivity (Wildman–Crippen MR) is 105 cm³/mol. The molecule has 0 aliphatic carbocycles. The zero-order valence-corrected chi connectivity index (χ0v) is 16.9. The normalized spacial score (nSPS) is 19.6. The van der Waals surface area contributed by atoms with E-state index in [1.165, 1.54) is 45.2 Å². The summed E-state index contributed by atoms with van der Waals surface area (Å²) >= 11 is 0. The molecule has 6 heteroatoms. The molecular formula is C16H35IN4O. The fourth-order valence-corrected chi connectivity index (χ4v) is 2.73. The van der Waals surface area contributed by atoms with Gasteiger partial charge in [-0.15, -0.1) is 24.0 Å². The van der Waals surface area contributed by atoms with Crippen molar-refractivity contribution in [3.8, 4) is 0 Å². The van der Waals surface area contributed by atoms with Gasteiger partial charge in [-0.05, 0) is 39.3 Å². The van der Waals surface area contributed by atoms with Gasteiger partial charge in [0.1, 0.15) is 0 Å². The van der Waals surface area contributed by atoms with Gasteiger partial charge in [-0.1, -0.05) is 19.8 Å². The van der Waals surface area contributed by atoms with Crippen molar-refractivity contribution >= 4 is 29.9 Å². The maximum Gasteiger partial charge on any atom is 0.191 e. The summed E-state index contributed by atoms with van der Waals surface area (Å²) in [6.45, 7) is 10.1. The minimum atomic E-state index is 0. The summed E-state index contributed by atoms with van der Waals surface area (Å²) < 4.78 is 5.07. The van der Waals surface area contributed by atoms with Crippen molar-refractivity contribution in [2.24, 2.45) is 4.99 Å². The van der Waals surface area contributed by atoms with Gasteiger partial charge in [-0.3, -0.25) is 9.89 Å². The number of hydrogen-bond acceptors (Lipinski definition) is 3. The summed E-state index contributed by atoms with van der Waals surface area (Å²) in [5.74, 6) is 0.913. The molecule has 0 aromatic carbocycles. The van der Waals surface area contributed by atoms with Crippen LogP contribution in [0.4, 0.5) is 0 Å². The van der Waals surface area contributed by atoms with Gasteiger partial charge in [-0.25, -0.2) is 0 Å². The van der Waals surface area contributed by atoms with Crippen molar-refractivity contribution in [3.05, 3.63) is 0 Å². The van der Waals surface area contributed by atoms with Crippen LogP contribution < -0.4 is 10.6 Å². The highest BCUT2D eigenvalue weighted by Gasteiger charge is 2.21. The number of methoxy groups -OCH3 is 1. The average Bonchev–Trinajstić information content (AvgIpc) is 2.51. The Kier molecular flexibility index (Phi) is 14.5. The smallest absolute Gasteiger partial charge is 0.191 e. The van der Waals surface area contributed by atoms with E-state index in [0.717, 1.165) is 25.6 Å². The standard InChI is InChI=1S/C16H34N4O.HI/c1-4-6-11-20-12-8-7-9-15(20)14-19-16(17-5-2)18-10-13-21-3;/h15H,4-14H2,1-3H3,(H2,17,18,19);1H. The number of aliphatic imine (C=N–C) groups is 1. The Labute approximate surface area is 153 Å². The molecule has 132 valence electrons. The number of hydrogen-bond donors (Lipinski definition) is 2. The van der Waals surface area contributed by atoms with Crippen LogP contribution in [0.25, 0.3) is 0 Å². The molecule has 0 aromatic rings. The Balaban J connectivity index is 0.00000441. The second-order valence-corrected chi connectivity index (χ2v) is 5.68. The van der Waals surface area contributed by atoms with Crippen LogP contribution in [0.2, 0.25) is 0 Å². The van der Waals surface area contributed by atoms with Crippen LogP contribution in [0.3, 0.4) is 0 Å². The van der Waals surface area contributed by atoms with Gasteiger partial charge in [0, 0.05) is 26.2 Å². The number of piperidine rings is 1. The molecule has 0 amide bonds. The van der Waals surface area contributed by atoms with Gasteiger partial charge in [0.2, 0.25) is 0 Å². The molecule has 0 spiro atoms. The number of nitrogens with one attached hydrogen (secondary N) is 2. The lowest BCUT2D eigenvalue weighted by atomic mass is 10.0. The third-order valence-corrected chi connectivity index (χ3v) is 3.95. The van der Waals surface area contributed by atoms with E-state index in [2.05, 4.69) is 29.4 Å². The maximum atomic E-state index is 5.07. The Morgan fingerprint density at radius 3 is 2.77 bits per heavy atom. The predicted octanol–water partition coefficient (Wildman–Crippen LogP) is 2.46. The lowest BCUT2D eigenvalue weighted by Crippen LogP contribution is -2.44. The molecule has 1 rings (SSSR count). The molecule has 2 N–H and O–H groups in total. The first kappa shape index (κ1) is 21.9. The van der Waals surface area contributed by atoms with E-state index in [-0.39, 0.29) is 24.0 Å². The lowest BCUT2D eigenvalue weighted by molar-refractivity contribution is 0.151. The minimum absolute atomic E-state index is 0. The van der Waals surface area contributed by atoms with E-state index in [1.807, 2.05) is 0 Å². The Hall–Kier alpha value is -0.0800. The van der Waals surface area contributed by atoms with E-state index in [0.29, 0.717) is 12.6 Å². The highest BCUT2D eigenvalue weighted by molar-refractivity contribution is 14.0. The zero-order chi connectivity index (χ0) is 15.3. The number of rotatable bonds is 9. The molecule has 0 radical (unpaired) electrons. The molecule has 0 saturated carbocycles. The summed E-state index contributed by atoms with van der Waals surface area (Å²) in [6, 6.07) is 0.614. The van der Waals surface area contributed by atoms with Gasteiger partial charge >= 0.3 is 0 Å². The van der Waals surface area contributed by atoms with Crippen LogP contribution in [0.15, 0.2) is 4.99 Å². The first-order valence-corrected chi connectivity index (χ1v) is 8.57. The second-order valence-electron chi connectivity index (χ2n) is 5.68. The van der Waals surface area contributed by atoms with Crippen molar-refractivity contribution in [2.75, 3.05) is 46.4 Å². The van der Waals surface area contributed by atoms with Crippen molar-refractivity contribution in [3.63, 3.8) is 0 Å². The van der Waals surface area contributed by atoms with Crippen LogP contribution in [0, 0.1) is 0 Å². The van der Waals surface area contributed by atoms with Crippen LogP contribution in [0.5, 0.6) is 0 Å². The lowest BCUT2D eigenvalue weighted by Gasteiger charge is -2.35. The van der Waals surface area contributed by atoms with Crippen molar-refractivity contribution in [2.45, 2.75) is 52.0 Å². The van der Waals surface area contributed by atoms with Crippen LogP contribution >= 0.6 is 24.0 Å². The van der Waals surface area contributed by atoms with E-state index >= 15 is 0 Å². The monoisotopic (exact) mass is 426 g/mol. The summed E-state index contributed by atoms with van der Waals surface area (Å²) in [6.07, 6.45) is 6.54. The minimum Gasteiger partial charge on any atom is -0.383 e. The molecule has 1 heterocycles. The molecule has 1 atom stereocenters. The van der Waals surface area contributed by atoms with Gasteiger partial charge < -0.3 is 15.4 Å². The van der Waals surface area contributed by atoms with Crippen molar-refractivity contribution in [1.82, 2.24) is 15.5 Å². The fourth-order valence-electron chi connectivity index (χ4n) is 2.73. The summed E-state index contributed by atoms with van der Waals surface area (Å²) in [5.41, 5.74) is 0. The zero-order valence-electron chi connectivity index (χ0n) is 14.6. The van der Waals surface area contributed by atoms with Crippen LogP contribution in [-0.4, -0.2) is 63.3 Å². The molecule has 22 heavy (non-hydrogen) atoms. The van der Waals surface area contributed by atoms with Crippen molar-refractivity contribution in [1.29, 1.82) is 0 Å². The van der Waals surface area contributed by atoms with Gasteiger partial charge in [-0.2, -0.15) is 0 Å². The number of halogens is 1. The molecule has 1 aliphatic heterocycles. The third-order valence-electron chi connectivity index (χ3n) is 3.95. The molecule has 1 unspecified atom stereocenters. The van der Waals surface area contributed by atoms with Gasteiger partial charge in [0.05, 0.1) is 13.2 Å². The Morgan fingerprint density at radius 1 is 1.27 bits per heavy atom. The molecule has 1 fully saturated rings. The maximum absolute atomic E-state index is 5.07. The van der Waals surface area contributed by atoms with Crippen molar-refractivity contribution < 1.29 is 4.74 Å². The molecule has 0 bridgehead atoms. The van der Waals surface area contributed by atoms with E-state index in [4.69, 9.17) is 9.73 Å². The Bertz CT molecular complexity index is 289. The summed E-state index contributed by atoms with van der Waals surface area (Å²) in [4.78, 5) is 7.40. The van der Waals surface area contributed by atoms with E-state index in [9.17, 15) is 0 Å². The molecule has 1 aliphatic rings. The molecule has 0 aromatic heterocycles. The molecule has 5 nitrogen and oxygen atoms in total. The summed E-state index contributed by atoms with van der Waals surface area (Å²) in [7, 11) is 1.72. The topological polar surface area (TPSA) is 48.9 Å². The second kappa shape index (κ2) is 14.5. The highest BCUT2D eigenvalue weighted by atomic mass is 127. The first-order valence-electron chi connectivity index (χ1n) is 8.57. The largest absolute Gasteiger partial charge is 0.383 e. The Morgan fingerprint density at radius 2 is 2.09 bits per heavy atom.